The van der Waals surface area contributed by atoms with E-state index in [-0.39, 0.29) is 24.0 Å². The van der Waals surface area contributed by atoms with E-state index >= 15 is 0 Å². The van der Waals surface area contributed by atoms with Crippen LogP contribution in [0.5, 0.6) is 17.4 Å². The average Bonchev–Trinajstić information content (AvgIpc) is 2.82. The van der Waals surface area contributed by atoms with Gasteiger partial charge in [0.05, 0.1) is 6.61 Å². The van der Waals surface area contributed by atoms with Crippen LogP contribution in [0, 0.1) is 0 Å². The second-order valence-electron chi connectivity index (χ2n) is 7.39. The summed E-state index contributed by atoms with van der Waals surface area (Å²) in [5.74, 6) is 2.85. The van der Waals surface area contributed by atoms with Crippen molar-refractivity contribution in [1.29, 1.82) is 0 Å². The van der Waals surface area contributed by atoms with Crippen LogP contribution in [0.25, 0.3) is 0 Å². The number of pyridine rings is 1. The molecule has 1 aromatic carbocycles. The molecule has 184 valence electrons. The number of benzene rings is 1. The van der Waals surface area contributed by atoms with Crippen LogP contribution in [0.4, 0.5) is 0 Å². The van der Waals surface area contributed by atoms with E-state index in [9.17, 15) is 0 Å². The highest BCUT2D eigenvalue weighted by molar-refractivity contribution is 14.0. The maximum atomic E-state index is 6.01. The number of ether oxygens (including phenoxy) is 3. The molecule has 0 aliphatic carbocycles. The molecule has 9 heteroatoms. The first kappa shape index (κ1) is 28.9. The average molecular weight is 572 g/mol. The first-order valence-electron chi connectivity index (χ1n) is 11.1. The second-order valence-corrected chi connectivity index (χ2v) is 7.39. The fourth-order valence-corrected chi connectivity index (χ4v) is 2.94. The second kappa shape index (κ2) is 17.4. The molecule has 0 bridgehead atoms. The summed E-state index contributed by atoms with van der Waals surface area (Å²) in [4.78, 5) is 11.0. The highest BCUT2D eigenvalue weighted by Crippen LogP contribution is 2.25. The number of nitrogens with one attached hydrogen (secondary N) is 2. The molecule has 0 amide bonds. The summed E-state index contributed by atoms with van der Waals surface area (Å²) in [7, 11) is 5.60. The van der Waals surface area contributed by atoms with Gasteiger partial charge in [-0.1, -0.05) is 13.0 Å². The lowest BCUT2D eigenvalue weighted by atomic mass is 10.2. The van der Waals surface area contributed by atoms with Gasteiger partial charge in [0.2, 0.25) is 5.88 Å². The molecule has 0 unspecified atom stereocenters. The van der Waals surface area contributed by atoms with Gasteiger partial charge >= 0.3 is 0 Å². The Hall–Kier alpha value is -2.11. The van der Waals surface area contributed by atoms with Gasteiger partial charge in [-0.3, -0.25) is 4.99 Å². The number of aliphatic imine (C=N–C) groups is 1. The topological polar surface area (TPSA) is 80.2 Å². The summed E-state index contributed by atoms with van der Waals surface area (Å²) < 4.78 is 16.7. The Bertz CT molecular complexity index is 805. The van der Waals surface area contributed by atoms with E-state index in [0.29, 0.717) is 24.8 Å². The molecule has 2 aromatic rings. The van der Waals surface area contributed by atoms with Crippen LogP contribution in [0.2, 0.25) is 0 Å². The monoisotopic (exact) mass is 571 g/mol. The van der Waals surface area contributed by atoms with Crippen molar-refractivity contribution in [3.05, 3.63) is 48.2 Å². The van der Waals surface area contributed by atoms with Crippen LogP contribution < -0.4 is 20.1 Å². The third-order valence-electron chi connectivity index (χ3n) is 4.71. The lowest BCUT2D eigenvalue weighted by Crippen LogP contribution is -2.40. The molecule has 0 aliphatic heterocycles. The Balaban J connectivity index is 0.00000544. The van der Waals surface area contributed by atoms with Gasteiger partial charge in [-0.2, -0.15) is 0 Å². The Morgan fingerprint density at radius 2 is 1.82 bits per heavy atom. The van der Waals surface area contributed by atoms with Crippen molar-refractivity contribution in [3.63, 3.8) is 0 Å². The predicted molar refractivity (Wildman–Crippen MR) is 144 cm³/mol. The molecule has 0 saturated carbocycles. The van der Waals surface area contributed by atoms with Crippen molar-refractivity contribution in [1.82, 2.24) is 20.5 Å². The number of likely N-dealkylation sites (N-methyl/N-ethyl adjacent to an activating group) is 1. The first-order chi connectivity index (χ1) is 15.7. The van der Waals surface area contributed by atoms with Gasteiger partial charge in [0.1, 0.15) is 11.5 Å². The summed E-state index contributed by atoms with van der Waals surface area (Å²) in [6, 6.07) is 11.5. The molecule has 0 fully saturated rings. The van der Waals surface area contributed by atoms with Gasteiger partial charge in [-0.25, -0.2) is 4.98 Å². The van der Waals surface area contributed by atoms with E-state index in [1.54, 1.807) is 20.4 Å². The SMILES string of the molecule is CCCOc1ccc(Oc2ncccc2CNC(=NC)NCCN(C)CCCOC)cc1.I. The molecule has 2 N–H and O–H groups in total. The Morgan fingerprint density at radius 3 is 2.52 bits per heavy atom. The van der Waals surface area contributed by atoms with Crippen molar-refractivity contribution in [3.8, 4) is 17.4 Å². The van der Waals surface area contributed by atoms with Crippen molar-refractivity contribution in [2.45, 2.75) is 26.3 Å². The van der Waals surface area contributed by atoms with Crippen molar-refractivity contribution in [2.75, 3.05) is 54.1 Å². The fraction of sp³-hybridized carbons (Fsp3) is 0.500. The number of halogens is 1. The summed E-state index contributed by atoms with van der Waals surface area (Å²) >= 11 is 0. The van der Waals surface area contributed by atoms with Crippen LogP contribution in [0.15, 0.2) is 47.6 Å². The van der Waals surface area contributed by atoms with Gasteiger partial charge < -0.3 is 29.7 Å². The van der Waals surface area contributed by atoms with Gasteiger partial charge in [0.15, 0.2) is 5.96 Å². The smallest absolute Gasteiger partial charge is 0.224 e. The maximum Gasteiger partial charge on any atom is 0.224 e. The van der Waals surface area contributed by atoms with E-state index in [0.717, 1.165) is 56.4 Å². The fourth-order valence-electron chi connectivity index (χ4n) is 2.94. The summed E-state index contributed by atoms with van der Waals surface area (Å²) in [6.07, 6.45) is 3.73. The minimum absolute atomic E-state index is 0. The molecular formula is C24H38IN5O3. The van der Waals surface area contributed by atoms with Crippen molar-refractivity contribution in [2.24, 2.45) is 4.99 Å². The molecule has 1 heterocycles. The van der Waals surface area contributed by atoms with Crippen LogP contribution in [-0.2, 0) is 11.3 Å². The zero-order valence-corrected chi connectivity index (χ0v) is 22.5. The number of hydrogen-bond donors (Lipinski definition) is 2. The largest absolute Gasteiger partial charge is 0.494 e. The Labute approximate surface area is 215 Å². The molecule has 0 atom stereocenters. The van der Waals surface area contributed by atoms with E-state index in [4.69, 9.17) is 14.2 Å². The highest BCUT2D eigenvalue weighted by Gasteiger charge is 2.08. The maximum absolute atomic E-state index is 6.01. The third-order valence-corrected chi connectivity index (χ3v) is 4.71. The molecule has 0 radical (unpaired) electrons. The van der Waals surface area contributed by atoms with Crippen LogP contribution in [0.1, 0.15) is 25.3 Å². The molecule has 2 rings (SSSR count). The van der Waals surface area contributed by atoms with Crippen molar-refractivity contribution < 1.29 is 14.2 Å². The van der Waals surface area contributed by atoms with E-state index in [1.165, 1.54) is 0 Å². The quantitative estimate of drug-likeness (QED) is 0.154. The predicted octanol–water partition coefficient (Wildman–Crippen LogP) is 3.91. The molecule has 8 nitrogen and oxygen atoms in total. The van der Waals surface area contributed by atoms with E-state index in [1.807, 2.05) is 36.4 Å². The number of guanidine groups is 1. The summed E-state index contributed by atoms with van der Waals surface area (Å²) in [6.45, 7) is 6.84. The van der Waals surface area contributed by atoms with Gasteiger partial charge in [0, 0.05) is 58.7 Å². The highest BCUT2D eigenvalue weighted by atomic mass is 127. The standard InChI is InChI=1S/C24H37N5O3.HI/c1-5-17-31-21-9-11-22(12-10-21)32-23-20(8-6-13-26-23)19-28-24(25-2)27-14-16-29(3)15-7-18-30-4;/h6,8-13H,5,7,14-19H2,1-4H3,(H2,25,27,28);1H. The van der Waals surface area contributed by atoms with Crippen molar-refractivity contribution >= 4 is 29.9 Å². The van der Waals surface area contributed by atoms with Crippen LogP contribution in [-0.4, -0.2) is 69.9 Å². The summed E-state index contributed by atoms with van der Waals surface area (Å²) in [5.41, 5.74) is 0.943. The minimum Gasteiger partial charge on any atom is -0.494 e. The van der Waals surface area contributed by atoms with Gasteiger partial charge in [0.25, 0.3) is 0 Å². The third kappa shape index (κ3) is 11.5. The molecule has 1 aromatic heterocycles. The number of nitrogens with zero attached hydrogens (tertiary/aromatic N) is 3. The lowest BCUT2D eigenvalue weighted by molar-refractivity contribution is 0.180. The number of hydrogen-bond acceptors (Lipinski definition) is 6. The first-order valence-corrected chi connectivity index (χ1v) is 11.1. The molecule has 0 saturated heterocycles. The number of aromatic nitrogens is 1. The molecule has 0 aliphatic rings. The number of methoxy groups -OCH3 is 1. The summed E-state index contributed by atoms with van der Waals surface area (Å²) in [5, 5.41) is 6.67. The molecule has 0 spiro atoms. The normalized spacial score (nSPS) is 11.1. The minimum atomic E-state index is 0. The molecular weight excluding hydrogens is 533 g/mol. The molecule has 33 heavy (non-hydrogen) atoms. The van der Waals surface area contributed by atoms with E-state index < -0.39 is 0 Å². The van der Waals surface area contributed by atoms with E-state index in [2.05, 4.69) is 39.5 Å². The zero-order valence-electron chi connectivity index (χ0n) is 20.2. The Kier molecular flexibility index (Phi) is 15.2. The number of rotatable bonds is 14. The van der Waals surface area contributed by atoms with Crippen LogP contribution >= 0.6 is 24.0 Å². The Morgan fingerprint density at radius 1 is 1.06 bits per heavy atom. The van der Waals surface area contributed by atoms with Crippen LogP contribution in [0.3, 0.4) is 0 Å². The zero-order chi connectivity index (χ0) is 23.0. The van der Waals surface area contributed by atoms with Gasteiger partial charge in [-0.15, -0.1) is 24.0 Å². The lowest BCUT2D eigenvalue weighted by Gasteiger charge is -2.18. The van der Waals surface area contributed by atoms with Gasteiger partial charge in [-0.05, 0) is 50.2 Å².